The Morgan fingerprint density at radius 1 is 1.53 bits per heavy atom. The van der Waals surface area contributed by atoms with Gasteiger partial charge >= 0.3 is 6.18 Å². The highest BCUT2D eigenvalue weighted by Gasteiger charge is 2.35. The van der Waals surface area contributed by atoms with Gasteiger partial charge in [-0.2, -0.15) is 13.2 Å². The minimum absolute atomic E-state index is 0.113. The Balaban J connectivity index is 1.90. The standard InChI is InChI=1S/C9H12F3N3/c10-9(11,12)6-15-4-1-7(5-15)8-13-2-3-14-8/h2-3,7H,1,4-6H2,(H,13,14). The summed E-state index contributed by atoms with van der Waals surface area (Å²) in [5, 5.41) is 0. The van der Waals surface area contributed by atoms with E-state index in [1.54, 1.807) is 12.4 Å². The quantitative estimate of drug-likeness (QED) is 0.821. The first-order valence-corrected chi connectivity index (χ1v) is 4.83. The van der Waals surface area contributed by atoms with Gasteiger partial charge in [0.05, 0.1) is 6.54 Å². The van der Waals surface area contributed by atoms with Crippen LogP contribution in [0.15, 0.2) is 12.4 Å². The second kappa shape index (κ2) is 3.84. The van der Waals surface area contributed by atoms with Crippen LogP contribution in [0.5, 0.6) is 0 Å². The lowest BCUT2D eigenvalue weighted by atomic mass is 10.1. The first kappa shape index (κ1) is 10.5. The van der Waals surface area contributed by atoms with Crippen molar-refractivity contribution in [2.75, 3.05) is 19.6 Å². The summed E-state index contributed by atoms with van der Waals surface area (Å²) in [4.78, 5) is 8.43. The summed E-state index contributed by atoms with van der Waals surface area (Å²) in [5.41, 5.74) is 0. The molecule has 2 heterocycles. The number of imidazole rings is 1. The monoisotopic (exact) mass is 219 g/mol. The van der Waals surface area contributed by atoms with Crippen LogP contribution in [0.4, 0.5) is 13.2 Å². The van der Waals surface area contributed by atoms with Crippen LogP contribution in [-0.4, -0.2) is 40.7 Å². The lowest BCUT2D eigenvalue weighted by Crippen LogP contribution is -2.32. The number of likely N-dealkylation sites (tertiary alicyclic amines) is 1. The minimum Gasteiger partial charge on any atom is -0.348 e. The maximum absolute atomic E-state index is 12.1. The van der Waals surface area contributed by atoms with E-state index in [0.29, 0.717) is 13.1 Å². The number of nitrogens with zero attached hydrogens (tertiary/aromatic N) is 2. The molecule has 1 fully saturated rings. The van der Waals surface area contributed by atoms with Gasteiger partial charge in [0.1, 0.15) is 5.82 Å². The van der Waals surface area contributed by atoms with E-state index in [0.717, 1.165) is 12.2 Å². The average molecular weight is 219 g/mol. The Morgan fingerprint density at radius 3 is 2.93 bits per heavy atom. The van der Waals surface area contributed by atoms with Crippen molar-refractivity contribution in [3.63, 3.8) is 0 Å². The molecule has 0 aromatic carbocycles. The summed E-state index contributed by atoms with van der Waals surface area (Å²) in [6.45, 7) is 0.113. The summed E-state index contributed by atoms with van der Waals surface area (Å²) >= 11 is 0. The van der Waals surface area contributed by atoms with Gasteiger partial charge in [0.25, 0.3) is 0 Å². The number of hydrogen-bond donors (Lipinski definition) is 1. The fourth-order valence-corrected chi connectivity index (χ4v) is 1.95. The van der Waals surface area contributed by atoms with Crippen molar-refractivity contribution in [1.82, 2.24) is 14.9 Å². The van der Waals surface area contributed by atoms with E-state index in [1.165, 1.54) is 4.90 Å². The molecule has 3 nitrogen and oxygen atoms in total. The Bertz CT molecular complexity index is 307. The predicted octanol–water partition coefficient (Wildman–Crippen LogP) is 1.76. The van der Waals surface area contributed by atoms with Crippen LogP contribution in [0.1, 0.15) is 18.2 Å². The van der Waals surface area contributed by atoms with Gasteiger partial charge in [-0.3, -0.25) is 4.90 Å². The molecule has 1 aliphatic rings. The first-order chi connectivity index (χ1) is 7.04. The minimum atomic E-state index is -4.10. The molecule has 1 aliphatic heterocycles. The van der Waals surface area contributed by atoms with E-state index in [2.05, 4.69) is 9.97 Å². The highest BCUT2D eigenvalue weighted by Crippen LogP contribution is 2.27. The average Bonchev–Trinajstić information content (AvgIpc) is 2.68. The molecule has 15 heavy (non-hydrogen) atoms. The fourth-order valence-electron chi connectivity index (χ4n) is 1.95. The number of H-pyrrole nitrogens is 1. The topological polar surface area (TPSA) is 31.9 Å². The van der Waals surface area contributed by atoms with Gasteiger partial charge in [-0.1, -0.05) is 0 Å². The van der Waals surface area contributed by atoms with E-state index in [-0.39, 0.29) is 5.92 Å². The van der Waals surface area contributed by atoms with Gasteiger partial charge in [-0.15, -0.1) is 0 Å². The molecular formula is C9H12F3N3. The molecule has 0 spiro atoms. The van der Waals surface area contributed by atoms with E-state index >= 15 is 0 Å². The summed E-state index contributed by atoms with van der Waals surface area (Å²) in [7, 11) is 0. The summed E-state index contributed by atoms with van der Waals surface area (Å²) in [6, 6.07) is 0. The van der Waals surface area contributed by atoms with Crippen molar-refractivity contribution < 1.29 is 13.2 Å². The zero-order chi connectivity index (χ0) is 10.9. The zero-order valence-electron chi connectivity index (χ0n) is 8.09. The van der Waals surface area contributed by atoms with Crippen LogP contribution < -0.4 is 0 Å². The number of halogens is 3. The Morgan fingerprint density at radius 2 is 2.33 bits per heavy atom. The molecular weight excluding hydrogens is 207 g/mol. The van der Waals surface area contributed by atoms with Crippen LogP contribution in [0.25, 0.3) is 0 Å². The number of aromatic nitrogens is 2. The summed E-state index contributed by atoms with van der Waals surface area (Å²) in [5.74, 6) is 0.905. The van der Waals surface area contributed by atoms with Gasteiger partial charge in [0, 0.05) is 24.9 Å². The van der Waals surface area contributed by atoms with Crippen LogP contribution in [0.2, 0.25) is 0 Å². The molecule has 6 heteroatoms. The van der Waals surface area contributed by atoms with Gasteiger partial charge < -0.3 is 4.98 Å². The number of rotatable bonds is 2. The summed E-state index contributed by atoms with van der Waals surface area (Å²) < 4.78 is 36.3. The Hall–Kier alpha value is -1.04. The van der Waals surface area contributed by atoms with E-state index in [1.807, 2.05) is 0 Å². The summed E-state index contributed by atoms with van der Waals surface area (Å²) in [6.07, 6.45) is -0.0366. The van der Waals surface area contributed by atoms with Crippen LogP contribution in [0, 0.1) is 0 Å². The van der Waals surface area contributed by atoms with Crippen molar-refractivity contribution >= 4 is 0 Å². The SMILES string of the molecule is FC(F)(F)CN1CCC(c2ncc[nH]2)C1. The third-order valence-electron chi connectivity index (χ3n) is 2.58. The van der Waals surface area contributed by atoms with E-state index < -0.39 is 12.7 Å². The molecule has 1 aromatic heterocycles. The highest BCUT2D eigenvalue weighted by molar-refractivity contribution is 5.01. The normalized spacial score (nSPS) is 23.5. The molecule has 0 radical (unpaired) electrons. The lowest BCUT2D eigenvalue weighted by Gasteiger charge is -2.17. The van der Waals surface area contributed by atoms with Crippen molar-refractivity contribution in [1.29, 1.82) is 0 Å². The Labute approximate surface area is 85.3 Å². The largest absolute Gasteiger partial charge is 0.401 e. The second-order valence-corrected chi connectivity index (χ2v) is 3.81. The van der Waals surface area contributed by atoms with E-state index in [4.69, 9.17) is 0 Å². The maximum Gasteiger partial charge on any atom is 0.401 e. The molecule has 1 N–H and O–H groups in total. The molecule has 0 bridgehead atoms. The highest BCUT2D eigenvalue weighted by atomic mass is 19.4. The van der Waals surface area contributed by atoms with Crippen molar-refractivity contribution in [3.05, 3.63) is 18.2 Å². The lowest BCUT2D eigenvalue weighted by molar-refractivity contribution is -0.143. The number of hydrogen-bond acceptors (Lipinski definition) is 2. The molecule has 2 rings (SSSR count). The molecule has 84 valence electrons. The van der Waals surface area contributed by atoms with Crippen molar-refractivity contribution in [2.24, 2.45) is 0 Å². The van der Waals surface area contributed by atoms with Gasteiger partial charge in [-0.25, -0.2) is 4.98 Å². The number of nitrogens with one attached hydrogen (secondary N) is 1. The zero-order valence-corrected chi connectivity index (χ0v) is 8.09. The smallest absolute Gasteiger partial charge is 0.348 e. The van der Waals surface area contributed by atoms with Crippen molar-refractivity contribution in [3.8, 4) is 0 Å². The maximum atomic E-state index is 12.1. The number of alkyl halides is 3. The van der Waals surface area contributed by atoms with Crippen LogP contribution in [-0.2, 0) is 0 Å². The molecule has 0 aliphatic carbocycles. The van der Waals surface area contributed by atoms with Gasteiger partial charge in [-0.05, 0) is 13.0 Å². The third kappa shape index (κ3) is 2.71. The molecule has 0 saturated carbocycles. The van der Waals surface area contributed by atoms with Gasteiger partial charge in [0.15, 0.2) is 0 Å². The van der Waals surface area contributed by atoms with Gasteiger partial charge in [0.2, 0.25) is 0 Å². The number of aromatic amines is 1. The molecule has 1 unspecified atom stereocenters. The van der Waals surface area contributed by atoms with Crippen molar-refractivity contribution in [2.45, 2.75) is 18.5 Å². The molecule has 1 saturated heterocycles. The molecule has 0 amide bonds. The van der Waals surface area contributed by atoms with Crippen LogP contribution in [0.3, 0.4) is 0 Å². The molecule has 1 atom stereocenters. The fraction of sp³-hybridized carbons (Fsp3) is 0.667. The Kier molecular flexibility index (Phi) is 2.68. The second-order valence-electron chi connectivity index (χ2n) is 3.81. The third-order valence-corrected chi connectivity index (χ3v) is 2.58. The molecule has 1 aromatic rings. The van der Waals surface area contributed by atoms with E-state index in [9.17, 15) is 13.2 Å². The first-order valence-electron chi connectivity index (χ1n) is 4.83. The predicted molar refractivity (Wildman–Crippen MR) is 48.4 cm³/mol. The van der Waals surface area contributed by atoms with Crippen LogP contribution >= 0.6 is 0 Å².